The number of ketones is 1. The summed E-state index contributed by atoms with van der Waals surface area (Å²) in [6.07, 6.45) is -13.2. The molecule has 9 nitrogen and oxygen atoms in total. The zero-order valence-electron chi connectivity index (χ0n) is 16.5. The molecule has 1 aliphatic rings. The summed E-state index contributed by atoms with van der Waals surface area (Å²) in [5.74, 6) is -3.22. The van der Waals surface area contributed by atoms with Crippen molar-refractivity contribution in [3.8, 4) is 11.6 Å². The van der Waals surface area contributed by atoms with Gasteiger partial charge in [-0.15, -0.1) is 10.2 Å². The molecule has 1 aliphatic heterocycles. The maximum Gasteiger partial charge on any atom is 0.426 e. The van der Waals surface area contributed by atoms with Gasteiger partial charge in [0.2, 0.25) is 5.60 Å². The average Bonchev–Trinajstić information content (AvgIpc) is 3.17. The van der Waals surface area contributed by atoms with Gasteiger partial charge in [-0.25, -0.2) is 9.78 Å². The Morgan fingerprint density at radius 1 is 1.06 bits per heavy atom. The number of Topliss-reactive ketones (excluding diaryl/α,β-unsaturated/α-hetero) is 1. The number of hydrogen-bond acceptors (Lipinski definition) is 7. The van der Waals surface area contributed by atoms with Gasteiger partial charge in [-0.2, -0.15) is 26.3 Å². The van der Waals surface area contributed by atoms with Crippen LogP contribution in [0.1, 0.15) is 60.5 Å². The van der Waals surface area contributed by atoms with Crippen LogP contribution < -0.4 is 5.32 Å². The summed E-state index contributed by atoms with van der Waals surface area (Å²) in [5.41, 5.74) is -7.82. The standard InChI is InChI=1S/C18H16F6N4O5/c19-17(20,21)8-7-9(25-15(30)31)12-13-27-28-14(33-13)16(32,18(22,23)24)6-4-2-1-3-5-10(29)11(8)26-12/h7,25,32H,1-6H2,(H,30,31)/t16-/m1/s1. The number of nitrogens with one attached hydrogen (secondary N) is 1. The summed E-state index contributed by atoms with van der Waals surface area (Å²) in [7, 11) is 0. The number of amides is 1. The zero-order chi connectivity index (χ0) is 24.6. The number of carbonyl (C=O) groups excluding carboxylic acids is 1. The van der Waals surface area contributed by atoms with E-state index in [2.05, 4.69) is 15.2 Å². The highest BCUT2D eigenvalue weighted by Crippen LogP contribution is 2.44. The van der Waals surface area contributed by atoms with E-state index in [1.165, 1.54) is 0 Å². The highest BCUT2D eigenvalue weighted by atomic mass is 19.4. The molecule has 2 aromatic heterocycles. The molecular formula is C18H16F6N4O5. The second-order valence-electron chi connectivity index (χ2n) is 7.32. The van der Waals surface area contributed by atoms with Gasteiger partial charge < -0.3 is 14.6 Å². The molecule has 0 aromatic carbocycles. The van der Waals surface area contributed by atoms with E-state index >= 15 is 0 Å². The lowest BCUT2D eigenvalue weighted by Gasteiger charge is -2.27. The number of nitrogens with zero attached hydrogens (tertiary/aromatic N) is 3. The van der Waals surface area contributed by atoms with Crippen LogP contribution in [0.2, 0.25) is 0 Å². The molecule has 1 amide bonds. The minimum absolute atomic E-state index is 0.0606. The van der Waals surface area contributed by atoms with E-state index in [0.29, 0.717) is 0 Å². The molecule has 0 saturated carbocycles. The van der Waals surface area contributed by atoms with Crippen molar-refractivity contribution in [1.82, 2.24) is 15.2 Å². The Kier molecular flexibility index (Phi) is 6.37. The average molecular weight is 482 g/mol. The topological polar surface area (TPSA) is 138 Å². The maximum absolute atomic E-state index is 13.6. The number of hydrogen-bond donors (Lipinski definition) is 3. The fourth-order valence-corrected chi connectivity index (χ4v) is 3.31. The molecule has 15 heteroatoms. The van der Waals surface area contributed by atoms with Crippen molar-refractivity contribution in [2.45, 2.75) is 56.5 Å². The highest BCUT2D eigenvalue weighted by Gasteiger charge is 2.58. The van der Waals surface area contributed by atoms with Crippen LogP contribution in [-0.4, -0.2) is 43.4 Å². The number of rotatable bonds is 1. The van der Waals surface area contributed by atoms with Gasteiger partial charge in [0.15, 0.2) is 11.5 Å². The van der Waals surface area contributed by atoms with E-state index in [0.717, 1.165) is 0 Å². The van der Waals surface area contributed by atoms with Crippen molar-refractivity contribution < 1.29 is 50.6 Å². The van der Waals surface area contributed by atoms with E-state index in [1.54, 1.807) is 5.32 Å². The summed E-state index contributed by atoms with van der Waals surface area (Å²) >= 11 is 0. The minimum atomic E-state index is -5.23. The van der Waals surface area contributed by atoms with E-state index in [1.807, 2.05) is 0 Å². The first kappa shape index (κ1) is 24.4. The second kappa shape index (κ2) is 8.61. The van der Waals surface area contributed by atoms with E-state index in [9.17, 15) is 41.0 Å². The van der Waals surface area contributed by atoms with E-state index < -0.39 is 70.7 Å². The molecule has 4 bridgehead atoms. The third-order valence-corrected chi connectivity index (χ3v) is 4.98. The first-order chi connectivity index (χ1) is 15.2. The van der Waals surface area contributed by atoms with E-state index in [-0.39, 0.29) is 38.2 Å². The number of carbonyl (C=O) groups is 2. The lowest BCUT2D eigenvalue weighted by atomic mass is 9.94. The van der Waals surface area contributed by atoms with Gasteiger partial charge in [-0.1, -0.05) is 12.8 Å². The molecule has 0 aliphatic carbocycles. The van der Waals surface area contributed by atoms with Crippen LogP contribution in [0.25, 0.3) is 11.6 Å². The van der Waals surface area contributed by atoms with Crippen LogP contribution >= 0.6 is 0 Å². The third-order valence-electron chi connectivity index (χ3n) is 4.98. The Morgan fingerprint density at radius 3 is 2.33 bits per heavy atom. The van der Waals surface area contributed by atoms with Gasteiger partial charge in [0, 0.05) is 6.42 Å². The first-order valence-electron chi connectivity index (χ1n) is 9.53. The molecule has 3 N–H and O–H groups in total. The van der Waals surface area contributed by atoms with Crippen molar-refractivity contribution in [2.24, 2.45) is 0 Å². The molecule has 0 unspecified atom stereocenters. The predicted molar refractivity (Wildman–Crippen MR) is 96.2 cm³/mol. The molecule has 0 radical (unpaired) electrons. The van der Waals surface area contributed by atoms with Gasteiger partial charge >= 0.3 is 18.4 Å². The number of fused-ring (bicyclic) bond motifs is 5. The van der Waals surface area contributed by atoms with Crippen LogP contribution in [0, 0.1) is 0 Å². The lowest BCUT2D eigenvalue weighted by Crippen LogP contribution is -2.42. The van der Waals surface area contributed by atoms with Gasteiger partial charge in [0.25, 0.3) is 11.8 Å². The Morgan fingerprint density at radius 2 is 1.73 bits per heavy atom. The fraction of sp³-hybridized carbons (Fsp3) is 0.500. The van der Waals surface area contributed by atoms with E-state index in [4.69, 9.17) is 9.52 Å². The minimum Gasteiger partial charge on any atom is -0.465 e. The van der Waals surface area contributed by atoms with Crippen molar-refractivity contribution in [1.29, 1.82) is 0 Å². The second-order valence-corrected chi connectivity index (χ2v) is 7.32. The van der Waals surface area contributed by atoms with Crippen molar-refractivity contribution in [3.05, 3.63) is 23.2 Å². The summed E-state index contributed by atoms with van der Waals surface area (Å²) in [6, 6.07) is 0.273. The molecule has 3 heterocycles. The van der Waals surface area contributed by atoms with Gasteiger partial charge in [0.1, 0.15) is 5.69 Å². The molecule has 0 fully saturated rings. The fourth-order valence-electron chi connectivity index (χ4n) is 3.31. The number of aromatic nitrogens is 3. The Bertz CT molecular complexity index is 1070. The summed E-state index contributed by atoms with van der Waals surface area (Å²) in [6.45, 7) is 0. The number of aliphatic hydroxyl groups is 1. The van der Waals surface area contributed by atoms with Crippen molar-refractivity contribution in [3.63, 3.8) is 0 Å². The summed E-state index contributed by atoms with van der Waals surface area (Å²) in [4.78, 5) is 27.1. The SMILES string of the molecule is O=C(O)Nc1cc(C(F)(F)F)c2nc1-c1nnc(o1)[C@@](O)(C(F)(F)F)CCCCCCC2=O. The number of anilines is 1. The van der Waals surface area contributed by atoms with Crippen LogP contribution in [0.15, 0.2) is 10.5 Å². The Hall–Kier alpha value is -3.23. The Labute approximate surface area is 180 Å². The number of carboxylic acid groups (broad SMARTS) is 1. The summed E-state index contributed by atoms with van der Waals surface area (Å²) < 4.78 is 86.5. The van der Waals surface area contributed by atoms with Gasteiger partial charge in [-0.05, 0) is 25.3 Å². The van der Waals surface area contributed by atoms with Crippen molar-refractivity contribution in [2.75, 3.05) is 5.32 Å². The molecular weight excluding hydrogens is 466 g/mol. The van der Waals surface area contributed by atoms with Crippen LogP contribution in [0.3, 0.4) is 0 Å². The van der Waals surface area contributed by atoms with Gasteiger partial charge in [0.05, 0.1) is 11.3 Å². The van der Waals surface area contributed by atoms with Crippen LogP contribution in [0.5, 0.6) is 0 Å². The Balaban J connectivity index is 2.28. The largest absolute Gasteiger partial charge is 0.465 e. The number of pyridine rings is 1. The molecule has 1 atom stereocenters. The monoisotopic (exact) mass is 482 g/mol. The van der Waals surface area contributed by atoms with Gasteiger partial charge in [-0.3, -0.25) is 10.1 Å². The zero-order valence-corrected chi connectivity index (χ0v) is 16.5. The quantitative estimate of drug-likeness (QED) is 0.504. The molecule has 33 heavy (non-hydrogen) atoms. The maximum atomic E-state index is 13.6. The molecule has 0 saturated heterocycles. The molecule has 3 rings (SSSR count). The van der Waals surface area contributed by atoms with Crippen molar-refractivity contribution >= 4 is 17.6 Å². The molecule has 180 valence electrons. The normalized spacial score (nSPS) is 20.3. The highest BCUT2D eigenvalue weighted by molar-refractivity contribution is 5.98. The smallest absolute Gasteiger partial charge is 0.426 e. The number of alkyl halides is 6. The number of halogens is 6. The molecule has 0 spiro atoms. The first-order valence-corrected chi connectivity index (χ1v) is 9.53. The molecule has 2 aromatic rings. The lowest BCUT2D eigenvalue weighted by molar-refractivity contribution is -0.277. The van der Waals surface area contributed by atoms with Crippen LogP contribution in [0.4, 0.5) is 36.8 Å². The van der Waals surface area contributed by atoms with Crippen LogP contribution in [-0.2, 0) is 11.8 Å². The third kappa shape index (κ3) is 4.91. The predicted octanol–water partition coefficient (Wildman–Crippen LogP) is 4.53. The summed E-state index contributed by atoms with van der Waals surface area (Å²) in [5, 5.41) is 27.4.